The monoisotopic (exact) mass is 430 g/mol. The molecule has 1 aliphatic heterocycles. The van der Waals surface area contributed by atoms with Crippen LogP contribution in [0, 0.1) is 11.3 Å². The molecular formula is C22H20Cl2N2O3. The van der Waals surface area contributed by atoms with Gasteiger partial charge >= 0.3 is 0 Å². The van der Waals surface area contributed by atoms with Crippen LogP contribution >= 0.6 is 23.2 Å². The fourth-order valence-electron chi connectivity index (χ4n) is 3.09. The van der Waals surface area contributed by atoms with Gasteiger partial charge in [0.05, 0.1) is 7.11 Å². The Kier molecular flexibility index (Phi) is 7.03. The molecule has 1 amide bonds. The molecule has 0 N–H and O–H groups in total. The number of amides is 1. The van der Waals surface area contributed by atoms with E-state index in [4.69, 9.17) is 32.7 Å². The first-order valence-electron chi connectivity index (χ1n) is 9.17. The summed E-state index contributed by atoms with van der Waals surface area (Å²) in [7, 11) is 1.53. The fourth-order valence-corrected chi connectivity index (χ4v) is 3.55. The van der Waals surface area contributed by atoms with Gasteiger partial charge in [0.15, 0.2) is 11.5 Å². The molecule has 3 rings (SSSR count). The molecule has 5 nitrogen and oxygen atoms in total. The zero-order valence-electron chi connectivity index (χ0n) is 16.0. The number of nitrogens with zero attached hydrogens (tertiary/aromatic N) is 2. The highest BCUT2D eigenvalue weighted by Crippen LogP contribution is 2.31. The quantitative estimate of drug-likeness (QED) is 0.471. The molecule has 0 spiro atoms. The highest BCUT2D eigenvalue weighted by Gasteiger charge is 2.21. The van der Waals surface area contributed by atoms with Gasteiger partial charge in [-0.15, -0.1) is 0 Å². The molecule has 7 heteroatoms. The van der Waals surface area contributed by atoms with Crippen LogP contribution < -0.4 is 9.47 Å². The smallest absolute Gasteiger partial charge is 0.264 e. The Morgan fingerprint density at radius 3 is 2.59 bits per heavy atom. The van der Waals surface area contributed by atoms with Crippen LogP contribution in [0.3, 0.4) is 0 Å². The third-order valence-electron chi connectivity index (χ3n) is 4.64. The number of carbonyl (C=O) groups excluding carboxylic acids is 1. The molecule has 0 radical (unpaired) electrons. The second kappa shape index (κ2) is 9.69. The van der Waals surface area contributed by atoms with Gasteiger partial charge in [0, 0.05) is 28.7 Å². The van der Waals surface area contributed by atoms with Crippen molar-refractivity contribution in [1.82, 2.24) is 4.90 Å². The summed E-state index contributed by atoms with van der Waals surface area (Å²) < 4.78 is 11.2. The minimum atomic E-state index is -0.235. The standard InChI is InChI=1S/C22H20Cl2N2O3/c1-28-21-11-15(10-17(13-25)22(27)26-8-2-3-9-26)4-7-20(21)29-14-16-5-6-18(23)12-19(16)24/h4-7,10-12H,2-3,8-9,14H2,1H3. The van der Waals surface area contributed by atoms with Gasteiger partial charge in [-0.2, -0.15) is 5.26 Å². The van der Waals surface area contributed by atoms with Crippen molar-refractivity contribution >= 4 is 35.2 Å². The number of ether oxygens (including phenoxy) is 2. The van der Waals surface area contributed by atoms with Crippen molar-refractivity contribution in [2.24, 2.45) is 0 Å². The molecule has 2 aromatic carbocycles. The fraction of sp³-hybridized carbons (Fsp3) is 0.273. The SMILES string of the molecule is COc1cc(C=C(C#N)C(=O)N2CCCC2)ccc1OCc1ccc(Cl)cc1Cl. The van der Waals surface area contributed by atoms with Crippen molar-refractivity contribution < 1.29 is 14.3 Å². The largest absolute Gasteiger partial charge is 0.493 e. The topological polar surface area (TPSA) is 62.6 Å². The normalized spacial score (nSPS) is 13.9. The first-order chi connectivity index (χ1) is 14.0. The molecule has 29 heavy (non-hydrogen) atoms. The number of hydrogen-bond acceptors (Lipinski definition) is 4. The van der Waals surface area contributed by atoms with Gasteiger partial charge < -0.3 is 14.4 Å². The molecule has 0 unspecified atom stereocenters. The number of carbonyl (C=O) groups is 1. The van der Waals surface area contributed by atoms with Crippen LogP contribution in [0.5, 0.6) is 11.5 Å². The number of rotatable bonds is 6. The lowest BCUT2D eigenvalue weighted by Crippen LogP contribution is -2.28. The lowest BCUT2D eigenvalue weighted by atomic mass is 10.1. The van der Waals surface area contributed by atoms with Crippen molar-refractivity contribution in [2.45, 2.75) is 19.4 Å². The predicted molar refractivity (Wildman–Crippen MR) is 113 cm³/mol. The van der Waals surface area contributed by atoms with Crippen molar-refractivity contribution in [3.63, 3.8) is 0 Å². The maximum atomic E-state index is 12.5. The average molecular weight is 431 g/mol. The lowest BCUT2D eigenvalue weighted by molar-refractivity contribution is -0.125. The van der Waals surface area contributed by atoms with E-state index in [1.165, 1.54) is 7.11 Å². The zero-order chi connectivity index (χ0) is 20.8. The molecular weight excluding hydrogens is 411 g/mol. The van der Waals surface area contributed by atoms with Crippen LogP contribution in [-0.4, -0.2) is 31.0 Å². The van der Waals surface area contributed by atoms with Crippen molar-refractivity contribution in [2.75, 3.05) is 20.2 Å². The van der Waals surface area contributed by atoms with E-state index in [1.54, 1.807) is 47.4 Å². The Morgan fingerprint density at radius 1 is 1.17 bits per heavy atom. The number of nitriles is 1. The minimum absolute atomic E-state index is 0.107. The molecule has 2 aromatic rings. The van der Waals surface area contributed by atoms with Gasteiger partial charge in [0.2, 0.25) is 0 Å². The third kappa shape index (κ3) is 5.23. The summed E-state index contributed by atoms with van der Waals surface area (Å²) in [5.41, 5.74) is 1.59. The van der Waals surface area contributed by atoms with Gasteiger partial charge in [0.1, 0.15) is 18.2 Å². The first kappa shape index (κ1) is 21.0. The van der Waals surface area contributed by atoms with Crippen LogP contribution in [-0.2, 0) is 11.4 Å². The summed E-state index contributed by atoms with van der Waals surface area (Å²) in [6.45, 7) is 1.64. The maximum absolute atomic E-state index is 12.5. The van der Waals surface area contributed by atoms with Crippen LogP contribution in [0.1, 0.15) is 24.0 Å². The zero-order valence-corrected chi connectivity index (χ0v) is 17.5. The molecule has 0 aliphatic carbocycles. The summed E-state index contributed by atoms with van der Waals surface area (Å²) in [5, 5.41) is 10.5. The Labute approximate surface area is 180 Å². The number of halogens is 2. The molecule has 1 aliphatic rings. The maximum Gasteiger partial charge on any atom is 0.264 e. The highest BCUT2D eigenvalue weighted by atomic mass is 35.5. The molecule has 0 saturated carbocycles. The second-order valence-corrected chi connectivity index (χ2v) is 7.45. The van der Waals surface area contributed by atoms with E-state index >= 15 is 0 Å². The first-order valence-corrected chi connectivity index (χ1v) is 9.93. The summed E-state index contributed by atoms with van der Waals surface area (Å²) in [6.07, 6.45) is 3.52. The lowest BCUT2D eigenvalue weighted by Gasteiger charge is -2.14. The van der Waals surface area contributed by atoms with Crippen molar-refractivity contribution in [3.8, 4) is 17.6 Å². The Bertz CT molecular complexity index is 977. The van der Waals surface area contributed by atoms with Crippen LogP contribution in [0.15, 0.2) is 42.0 Å². The van der Waals surface area contributed by atoms with E-state index in [0.29, 0.717) is 40.2 Å². The highest BCUT2D eigenvalue weighted by molar-refractivity contribution is 6.35. The van der Waals surface area contributed by atoms with Crippen LogP contribution in [0.4, 0.5) is 0 Å². The van der Waals surface area contributed by atoms with E-state index in [1.807, 2.05) is 6.07 Å². The Hall–Kier alpha value is -2.68. The molecule has 1 saturated heterocycles. The van der Waals surface area contributed by atoms with E-state index < -0.39 is 0 Å². The molecule has 1 heterocycles. The Balaban J connectivity index is 1.77. The third-order valence-corrected chi connectivity index (χ3v) is 5.23. The number of benzene rings is 2. The minimum Gasteiger partial charge on any atom is -0.493 e. The van der Waals surface area contributed by atoms with E-state index in [2.05, 4.69) is 0 Å². The molecule has 150 valence electrons. The van der Waals surface area contributed by atoms with E-state index in [0.717, 1.165) is 18.4 Å². The number of hydrogen-bond donors (Lipinski definition) is 0. The summed E-state index contributed by atoms with van der Waals surface area (Å²) in [6, 6.07) is 12.5. The number of likely N-dealkylation sites (tertiary alicyclic amines) is 1. The molecule has 0 bridgehead atoms. The van der Waals surface area contributed by atoms with Crippen LogP contribution in [0.25, 0.3) is 6.08 Å². The molecule has 1 fully saturated rings. The predicted octanol–water partition coefficient (Wildman–Crippen LogP) is 5.11. The second-order valence-electron chi connectivity index (χ2n) is 6.60. The molecule has 0 aromatic heterocycles. The van der Waals surface area contributed by atoms with Gasteiger partial charge in [-0.25, -0.2) is 0 Å². The Morgan fingerprint density at radius 2 is 1.93 bits per heavy atom. The summed E-state index contributed by atoms with van der Waals surface area (Å²) >= 11 is 12.1. The van der Waals surface area contributed by atoms with Gasteiger partial charge in [0.25, 0.3) is 5.91 Å². The van der Waals surface area contributed by atoms with E-state index in [9.17, 15) is 10.1 Å². The van der Waals surface area contributed by atoms with Gasteiger partial charge in [-0.05, 0) is 48.7 Å². The van der Waals surface area contributed by atoms with Crippen molar-refractivity contribution in [1.29, 1.82) is 5.26 Å². The molecule has 0 atom stereocenters. The van der Waals surface area contributed by atoms with Crippen LogP contribution in [0.2, 0.25) is 10.0 Å². The number of methoxy groups -OCH3 is 1. The summed E-state index contributed by atoms with van der Waals surface area (Å²) in [4.78, 5) is 14.2. The van der Waals surface area contributed by atoms with Crippen molar-refractivity contribution in [3.05, 3.63) is 63.1 Å². The van der Waals surface area contributed by atoms with Gasteiger partial charge in [-0.3, -0.25) is 4.79 Å². The van der Waals surface area contributed by atoms with E-state index in [-0.39, 0.29) is 18.1 Å². The van der Waals surface area contributed by atoms with Gasteiger partial charge in [-0.1, -0.05) is 35.3 Å². The average Bonchev–Trinajstić information content (AvgIpc) is 3.26. The summed E-state index contributed by atoms with van der Waals surface area (Å²) in [5.74, 6) is 0.788.